The molecule has 4 N–H and O–H groups in total. The van der Waals surface area contributed by atoms with E-state index in [-0.39, 0.29) is 42.9 Å². The SMILES string of the molecule is CCN1CCN(C(=O)NC(C(=O)C[C@H]2Cc3ccc(C)c(C(=O)O)c3OB2O)c2ccc(C(=O)O)c(F)c2)C(=O)C1=O. The van der Waals surface area contributed by atoms with Crippen LogP contribution in [0.2, 0.25) is 5.82 Å². The average molecular weight is 583 g/mol. The zero-order chi connectivity index (χ0) is 30.9. The number of nitrogens with one attached hydrogen (secondary N) is 1. The third-order valence-electron chi connectivity index (χ3n) is 7.33. The molecular formula is C27H27BFN3O10. The number of urea groups is 1. The molecule has 0 aliphatic carbocycles. The van der Waals surface area contributed by atoms with E-state index in [1.54, 1.807) is 26.0 Å². The van der Waals surface area contributed by atoms with Gasteiger partial charge in [-0.05, 0) is 49.1 Å². The highest BCUT2D eigenvalue weighted by Crippen LogP contribution is 2.38. The van der Waals surface area contributed by atoms with Crippen LogP contribution in [0.1, 0.15) is 56.8 Å². The lowest BCUT2D eigenvalue weighted by molar-refractivity contribution is -0.153. The summed E-state index contributed by atoms with van der Waals surface area (Å²) in [5.41, 5.74) is -0.109. The van der Waals surface area contributed by atoms with Crippen molar-refractivity contribution in [3.05, 3.63) is 64.0 Å². The van der Waals surface area contributed by atoms with E-state index in [1.807, 2.05) is 0 Å². The van der Waals surface area contributed by atoms with Gasteiger partial charge >= 0.3 is 36.9 Å². The number of halogens is 1. The molecule has 0 bridgehead atoms. The van der Waals surface area contributed by atoms with Gasteiger partial charge in [-0.15, -0.1) is 0 Å². The molecule has 2 aliphatic rings. The molecule has 4 amide bonds. The van der Waals surface area contributed by atoms with Crippen LogP contribution >= 0.6 is 0 Å². The maximum atomic E-state index is 14.6. The summed E-state index contributed by atoms with van der Waals surface area (Å²) in [5, 5.41) is 31.8. The van der Waals surface area contributed by atoms with Gasteiger partial charge in [-0.3, -0.25) is 19.3 Å². The Kier molecular flexibility index (Phi) is 8.61. The number of rotatable bonds is 8. The Morgan fingerprint density at radius 3 is 2.43 bits per heavy atom. The molecule has 1 saturated heterocycles. The van der Waals surface area contributed by atoms with E-state index in [4.69, 9.17) is 4.65 Å². The van der Waals surface area contributed by atoms with E-state index < -0.39 is 72.3 Å². The van der Waals surface area contributed by atoms with Gasteiger partial charge in [0.15, 0.2) is 5.78 Å². The summed E-state index contributed by atoms with van der Waals surface area (Å²) in [6.45, 7) is 3.39. The zero-order valence-corrected chi connectivity index (χ0v) is 22.6. The average Bonchev–Trinajstić information content (AvgIpc) is 2.93. The van der Waals surface area contributed by atoms with Gasteiger partial charge in [0.25, 0.3) is 0 Å². The largest absolute Gasteiger partial charge is 0.535 e. The number of aryl methyl sites for hydroxylation is 1. The van der Waals surface area contributed by atoms with E-state index in [0.717, 1.165) is 18.2 Å². The molecule has 2 atom stereocenters. The lowest BCUT2D eigenvalue weighted by Gasteiger charge is -2.33. The summed E-state index contributed by atoms with van der Waals surface area (Å²) in [4.78, 5) is 76.4. The Morgan fingerprint density at radius 1 is 1.10 bits per heavy atom. The summed E-state index contributed by atoms with van der Waals surface area (Å²) >= 11 is 0. The summed E-state index contributed by atoms with van der Waals surface area (Å²) in [5.74, 6) is -7.70. The second-order valence-electron chi connectivity index (χ2n) is 9.96. The second-order valence-corrected chi connectivity index (χ2v) is 9.96. The number of imide groups is 1. The van der Waals surface area contributed by atoms with Crippen LogP contribution in [0.15, 0.2) is 30.3 Å². The highest BCUT2D eigenvalue weighted by Gasteiger charge is 2.41. The molecule has 1 unspecified atom stereocenters. The van der Waals surface area contributed by atoms with E-state index in [0.29, 0.717) is 16.0 Å². The Morgan fingerprint density at radius 2 is 1.81 bits per heavy atom. The molecular weight excluding hydrogens is 556 g/mol. The topological polar surface area (TPSA) is 191 Å². The van der Waals surface area contributed by atoms with Crippen LogP contribution in [0, 0.1) is 12.7 Å². The number of nitrogens with zero attached hydrogens (tertiary/aromatic N) is 2. The van der Waals surface area contributed by atoms with Crippen molar-refractivity contribution in [2.45, 2.75) is 38.5 Å². The maximum Gasteiger partial charge on any atom is 0.526 e. The lowest BCUT2D eigenvalue weighted by Crippen LogP contribution is -2.58. The van der Waals surface area contributed by atoms with Crippen molar-refractivity contribution in [1.29, 1.82) is 0 Å². The number of ketones is 1. The number of aromatic carboxylic acids is 2. The predicted molar refractivity (Wildman–Crippen MR) is 142 cm³/mol. The number of piperazine rings is 1. The number of carbonyl (C=O) groups excluding carboxylic acids is 4. The monoisotopic (exact) mass is 583 g/mol. The number of Topliss-reactive ketones (excluding diaryl/α,β-unsaturated/α-hetero) is 1. The Balaban J connectivity index is 1.62. The predicted octanol–water partition coefficient (Wildman–Crippen LogP) is 1.42. The number of hydrogen-bond acceptors (Lipinski definition) is 8. The van der Waals surface area contributed by atoms with Crippen LogP contribution in [0.25, 0.3) is 0 Å². The number of carboxylic acids is 2. The van der Waals surface area contributed by atoms with Gasteiger partial charge in [-0.25, -0.2) is 18.8 Å². The van der Waals surface area contributed by atoms with E-state index in [2.05, 4.69) is 5.32 Å². The lowest BCUT2D eigenvalue weighted by atomic mass is 9.64. The van der Waals surface area contributed by atoms with Gasteiger partial charge in [0.1, 0.15) is 23.2 Å². The van der Waals surface area contributed by atoms with E-state index in [1.165, 1.54) is 4.90 Å². The number of amides is 4. The molecule has 15 heteroatoms. The zero-order valence-electron chi connectivity index (χ0n) is 22.6. The van der Waals surface area contributed by atoms with Crippen LogP contribution in [-0.4, -0.2) is 87.4 Å². The second kappa shape index (κ2) is 12.0. The molecule has 2 heterocycles. The fraction of sp³-hybridized carbons (Fsp3) is 0.333. The van der Waals surface area contributed by atoms with Crippen LogP contribution in [0.4, 0.5) is 9.18 Å². The van der Waals surface area contributed by atoms with Crippen molar-refractivity contribution in [2.24, 2.45) is 0 Å². The fourth-order valence-corrected chi connectivity index (χ4v) is 5.04. The molecule has 220 valence electrons. The molecule has 2 aromatic carbocycles. The first-order chi connectivity index (χ1) is 19.8. The Hall–Kier alpha value is -4.79. The number of fused-ring (bicyclic) bond motifs is 1. The summed E-state index contributed by atoms with van der Waals surface area (Å²) in [6, 6.07) is 3.27. The van der Waals surface area contributed by atoms with Gasteiger partial charge in [0.2, 0.25) is 0 Å². The first kappa shape index (κ1) is 30.2. The molecule has 4 rings (SSSR count). The number of benzene rings is 2. The van der Waals surface area contributed by atoms with Crippen LogP contribution in [-0.2, 0) is 20.8 Å². The summed E-state index contributed by atoms with van der Waals surface area (Å²) in [7, 11) is -1.61. The van der Waals surface area contributed by atoms with Crippen LogP contribution < -0.4 is 9.97 Å². The standard InChI is InChI=1S/C27H27BFN3O10/c1-3-31-8-9-32(24(35)23(31)34)27(40)30-21(14-6-7-17(25(36)37)18(29)11-14)19(33)12-16-10-15-5-4-13(2)20(26(38)39)22(15)42-28(16)41/h4-7,11,16,21,41H,3,8-10,12H2,1-2H3,(H,30,40)(H,36,37)(H,38,39)/t16-,21?/m1/s1. The van der Waals surface area contributed by atoms with Crippen molar-refractivity contribution < 1.29 is 53.0 Å². The molecule has 0 spiro atoms. The molecule has 1 fully saturated rings. The molecule has 0 aromatic heterocycles. The van der Waals surface area contributed by atoms with Gasteiger partial charge in [-0.2, -0.15) is 0 Å². The third kappa shape index (κ3) is 5.81. The molecule has 42 heavy (non-hydrogen) atoms. The van der Waals surface area contributed by atoms with Crippen molar-refractivity contribution in [3.63, 3.8) is 0 Å². The van der Waals surface area contributed by atoms with Crippen molar-refractivity contribution >= 4 is 42.7 Å². The highest BCUT2D eigenvalue weighted by atomic mass is 19.1. The molecule has 2 aliphatic heterocycles. The normalized spacial score (nSPS) is 17.3. The van der Waals surface area contributed by atoms with E-state index in [9.17, 15) is 48.4 Å². The molecule has 2 aromatic rings. The van der Waals surface area contributed by atoms with Gasteiger partial charge in [-0.1, -0.05) is 18.2 Å². The summed E-state index contributed by atoms with van der Waals surface area (Å²) < 4.78 is 20.1. The first-order valence-electron chi connectivity index (χ1n) is 13.0. The Bertz CT molecular complexity index is 1500. The van der Waals surface area contributed by atoms with Crippen LogP contribution in [0.3, 0.4) is 0 Å². The minimum absolute atomic E-state index is 0.0238. The van der Waals surface area contributed by atoms with Gasteiger partial charge in [0, 0.05) is 31.9 Å². The maximum absolute atomic E-state index is 14.6. The van der Waals surface area contributed by atoms with E-state index >= 15 is 0 Å². The minimum Gasteiger partial charge on any atom is -0.535 e. The van der Waals surface area contributed by atoms with Crippen LogP contribution in [0.5, 0.6) is 5.75 Å². The number of hydrogen-bond donors (Lipinski definition) is 4. The van der Waals surface area contributed by atoms with Crippen molar-refractivity contribution in [1.82, 2.24) is 15.1 Å². The first-order valence-corrected chi connectivity index (χ1v) is 13.0. The number of likely N-dealkylation sites (N-methyl/N-ethyl adjacent to an activating group) is 1. The van der Waals surface area contributed by atoms with Gasteiger partial charge < -0.3 is 30.1 Å². The minimum atomic E-state index is -1.61. The van der Waals surface area contributed by atoms with Crippen molar-refractivity contribution in [3.8, 4) is 5.75 Å². The summed E-state index contributed by atoms with van der Waals surface area (Å²) in [6.07, 6.45) is -0.414. The Labute approximate surface area is 239 Å². The molecule has 0 saturated carbocycles. The number of carbonyl (C=O) groups is 6. The quantitative estimate of drug-likeness (QED) is 0.261. The van der Waals surface area contributed by atoms with Crippen molar-refractivity contribution in [2.75, 3.05) is 19.6 Å². The van der Waals surface area contributed by atoms with Gasteiger partial charge in [0.05, 0.1) is 5.56 Å². The number of carboxylic acid groups (broad SMARTS) is 2. The molecule has 13 nitrogen and oxygen atoms in total. The smallest absolute Gasteiger partial charge is 0.526 e. The molecule has 0 radical (unpaired) electrons. The fourth-order valence-electron chi connectivity index (χ4n) is 5.04. The third-order valence-corrected chi connectivity index (χ3v) is 7.33. The highest BCUT2D eigenvalue weighted by molar-refractivity contribution is 6.47.